The number of carbonyl (C=O) groups is 1. The van der Waals surface area contributed by atoms with E-state index >= 15 is 0 Å². The third-order valence-corrected chi connectivity index (χ3v) is 4.55. The van der Waals surface area contributed by atoms with E-state index in [0.29, 0.717) is 11.7 Å². The van der Waals surface area contributed by atoms with Gasteiger partial charge in [0.15, 0.2) is 0 Å². The maximum absolute atomic E-state index is 12.4. The van der Waals surface area contributed by atoms with Gasteiger partial charge in [0.1, 0.15) is 5.82 Å². The highest BCUT2D eigenvalue weighted by Crippen LogP contribution is 2.23. The van der Waals surface area contributed by atoms with Crippen LogP contribution in [0.3, 0.4) is 0 Å². The number of hydrogen-bond acceptors (Lipinski definition) is 5. The molecule has 1 fully saturated rings. The second-order valence-electron chi connectivity index (χ2n) is 5.36. The third kappa shape index (κ3) is 3.21. The van der Waals surface area contributed by atoms with Crippen LogP contribution in [-0.4, -0.2) is 33.9 Å². The lowest BCUT2D eigenvalue weighted by atomic mass is 9.93. The van der Waals surface area contributed by atoms with Crippen LogP contribution in [-0.2, 0) is 6.42 Å². The molecule has 0 bridgehead atoms. The summed E-state index contributed by atoms with van der Waals surface area (Å²) >= 11 is 1.55. The molecule has 1 atom stereocenters. The van der Waals surface area contributed by atoms with Gasteiger partial charge < -0.3 is 10.6 Å². The number of aromatic nitrogens is 2. The molecule has 3 rings (SSSR count). The van der Waals surface area contributed by atoms with Gasteiger partial charge in [-0.2, -0.15) is 11.3 Å². The summed E-state index contributed by atoms with van der Waals surface area (Å²) in [4.78, 5) is 22.7. The lowest BCUT2D eigenvalue weighted by Gasteiger charge is -2.32. The molecule has 5 nitrogen and oxygen atoms in total. The monoisotopic (exact) mass is 302 g/mol. The number of hydrogen-bond donors (Lipinski definition) is 1. The van der Waals surface area contributed by atoms with Gasteiger partial charge in [0.05, 0.1) is 11.3 Å². The van der Waals surface area contributed by atoms with Gasteiger partial charge in [0, 0.05) is 30.9 Å². The molecule has 1 saturated heterocycles. The van der Waals surface area contributed by atoms with Crippen LogP contribution < -0.4 is 5.73 Å². The molecule has 0 aromatic carbocycles. The molecule has 2 aromatic heterocycles. The quantitative estimate of drug-likeness (QED) is 0.943. The van der Waals surface area contributed by atoms with Crippen LogP contribution in [0.4, 0.5) is 5.82 Å². The van der Waals surface area contributed by atoms with E-state index in [1.165, 1.54) is 0 Å². The summed E-state index contributed by atoms with van der Waals surface area (Å²) in [5.41, 5.74) is 7.49. The van der Waals surface area contributed by atoms with Crippen molar-refractivity contribution in [3.8, 4) is 0 Å². The summed E-state index contributed by atoms with van der Waals surface area (Å²) in [5.74, 6) is 1.03. The van der Waals surface area contributed by atoms with E-state index in [2.05, 4.69) is 9.97 Å². The predicted molar refractivity (Wildman–Crippen MR) is 83.1 cm³/mol. The van der Waals surface area contributed by atoms with Gasteiger partial charge in [-0.3, -0.25) is 9.78 Å². The Morgan fingerprint density at radius 1 is 1.43 bits per heavy atom. The minimum absolute atomic E-state index is 0.132. The van der Waals surface area contributed by atoms with Gasteiger partial charge in [-0.25, -0.2) is 4.98 Å². The van der Waals surface area contributed by atoms with Gasteiger partial charge in [-0.05, 0) is 36.6 Å². The summed E-state index contributed by atoms with van der Waals surface area (Å²) in [6.07, 6.45) is 6.19. The van der Waals surface area contributed by atoms with Crippen molar-refractivity contribution < 1.29 is 4.79 Å². The lowest BCUT2D eigenvalue weighted by molar-refractivity contribution is 0.0673. The van der Waals surface area contributed by atoms with Gasteiger partial charge in [0.2, 0.25) is 0 Å². The number of nitrogens with zero attached hydrogens (tertiary/aromatic N) is 3. The fraction of sp³-hybridized carbons (Fsp3) is 0.400. The number of carbonyl (C=O) groups excluding carboxylic acids is 1. The number of thiophene rings is 1. The Morgan fingerprint density at radius 2 is 2.29 bits per heavy atom. The van der Waals surface area contributed by atoms with Crippen molar-refractivity contribution in [2.45, 2.75) is 19.3 Å². The number of amides is 1. The molecule has 3 heterocycles. The van der Waals surface area contributed by atoms with Crippen LogP contribution in [0.5, 0.6) is 0 Å². The van der Waals surface area contributed by atoms with E-state index in [0.717, 1.165) is 43.6 Å². The topological polar surface area (TPSA) is 72.1 Å². The van der Waals surface area contributed by atoms with Gasteiger partial charge in [0.25, 0.3) is 5.91 Å². The van der Waals surface area contributed by atoms with Gasteiger partial charge in [-0.1, -0.05) is 0 Å². The molecule has 110 valence electrons. The van der Waals surface area contributed by atoms with Crippen molar-refractivity contribution in [3.63, 3.8) is 0 Å². The molecular formula is C15H18N4OS. The Kier molecular flexibility index (Phi) is 4.15. The molecule has 0 saturated carbocycles. The van der Waals surface area contributed by atoms with Gasteiger partial charge >= 0.3 is 0 Å². The number of anilines is 1. The molecule has 6 heteroatoms. The predicted octanol–water partition coefficient (Wildman–Crippen LogP) is 2.22. The molecule has 0 radical (unpaired) electrons. The smallest absolute Gasteiger partial charge is 0.254 e. The number of nitrogens with two attached hydrogens (primary N) is 1. The highest BCUT2D eigenvalue weighted by molar-refractivity contribution is 7.08. The summed E-state index contributed by atoms with van der Waals surface area (Å²) in [7, 11) is 0. The average Bonchev–Trinajstić information content (AvgIpc) is 3.03. The van der Waals surface area contributed by atoms with E-state index in [1.807, 2.05) is 21.7 Å². The van der Waals surface area contributed by atoms with Crippen molar-refractivity contribution in [2.75, 3.05) is 18.8 Å². The molecular weight excluding hydrogens is 284 g/mol. The first-order valence-corrected chi connectivity index (χ1v) is 8.05. The number of piperidine rings is 1. The Hall–Kier alpha value is -1.95. The van der Waals surface area contributed by atoms with Crippen molar-refractivity contribution >= 4 is 23.1 Å². The van der Waals surface area contributed by atoms with E-state index in [1.54, 1.807) is 23.7 Å². The fourth-order valence-corrected chi connectivity index (χ4v) is 3.42. The van der Waals surface area contributed by atoms with E-state index in [9.17, 15) is 4.79 Å². The maximum atomic E-state index is 12.4. The number of rotatable bonds is 3. The molecule has 0 unspecified atom stereocenters. The minimum Gasteiger partial charge on any atom is -0.382 e. The normalized spacial score (nSPS) is 18.7. The minimum atomic E-state index is 0.132. The molecule has 2 aromatic rings. The first-order chi connectivity index (χ1) is 10.2. The van der Waals surface area contributed by atoms with Crippen molar-refractivity contribution in [2.24, 2.45) is 5.92 Å². The third-order valence-electron chi connectivity index (χ3n) is 3.86. The zero-order valence-electron chi connectivity index (χ0n) is 11.7. The summed E-state index contributed by atoms with van der Waals surface area (Å²) in [5, 5.41) is 3.85. The highest BCUT2D eigenvalue weighted by atomic mass is 32.1. The van der Waals surface area contributed by atoms with Crippen LogP contribution in [0.1, 0.15) is 28.9 Å². The zero-order valence-corrected chi connectivity index (χ0v) is 12.6. The Labute approximate surface area is 127 Å². The van der Waals surface area contributed by atoms with E-state index in [-0.39, 0.29) is 5.91 Å². The Bertz CT molecular complexity index is 614. The molecule has 1 aliphatic heterocycles. The van der Waals surface area contributed by atoms with Crippen LogP contribution >= 0.6 is 11.3 Å². The Morgan fingerprint density at radius 3 is 3.05 bits per heavy atom. The molecule has 21 heavy (non-hydrogen) atoms. The first kappa shape index (κ1) is 14.0. The molecule has 0 spiro atoms. The maximum Gasteiger partial charge on any atom is 0.254 e. The van der Waals surface area contributed by atoms with Crippen molar-refractivity contribution in [1.82, 2.24) is 14.9 Å². The fourth-order valence-electron chi connectivity index (χ4n) is 2.79. The number of nitrogen functional groups attached to an aromatic ring is 1. The standard InChI is InChI=1S/C15H18N4OS/c16-14-13(17-4-5-18-14)8-11-2-1-6-19(9-11)15(20)12-3-7-21-10-12/h3-5,7,10-11H,1-2,6,8-9H2,(H2,16,18)/t11-/m1/s1. The van der Waals surface area contributed by atoms with E-state index in [4.69, 9.17) is 5.73 Å². The van der Waals surface area contributed by atoms with Crippen LogP contribution in [0.2, 0.25) is 0 Å². The highest BCUT2D eigenvalue weighted by Gasteiger charge is 2.25. The second-order valence-corrected chi connectivity index (χ2v) is 6.14. The van der Waals surface area contributed by atoms with Crippen LogP contribution in [0.25, 0.3) is 0 Å². The van der Waals surface area contributed by atoms with E-state index < -0.39 is 0 Å². The van der Waals surface area contributed by atoms with Crippen molar-refractivity contribution in [3.05, 3.63) is 40.5 Å². The first-order valence-electron chi connectivity index (χ1n) is 7.11. The average molecular weight is 302 g/mol. The largest absolute Gasteiger partial charge is 0.382 e. The second kappa shape index (κ2) is 6.22. The molecule has 0 aliphatic carbocycles. The van der Waals surface area contributed by atoms with Gasteiger partial charge in [-0.15, -0.1) is 0 Å². The van der Waals surface area contributed by atoms with Crippen molar-refractivity contribution in [1.29, 1.82) is 0 Å². The lowest BCUT2D eigenvalue weighted by Crippen LogP contribution is -2.40. The molecule has 1 aliphatic rings. The van der Waals surface area contributed by atoms with Crippen LogP contribution in [0, 0.1) is 5.92 Å². The summed E-state index contributed by atoms with van der Waals surface area (Å²) in [6.45, 7) is 1.60. The number of likely N-dealkylation sites (tertiary alicyclic amines) is 1. The summed E-state index contributed by atoms with van der Waals surface area (Å²) in [6, 6.07) is 1.89. The zero-order chi connectivity index (χ0) is 14.7. The molecule has 1 amide bonds. The summed E-state index contributed by atoms with van der Waals surface area (Å²) < 4.78 is 0. The van der Waals surface area contributed by atoms with Crippen LogP contribution in [0.15, 0.2) is 29.2 Å². The Balaban J connectivity index is 1.66. The molecule has 2 N–H and O–H groups in total. The SMILES string of the molecule is Nc1nccnc1C[C@H]1CCCN(C(=O)c2ccsc2)C1.